The van der Waals surface area contributed by atoms with Gasteiger partial charge in [0.15, 0.2) is 5.96 Å². The number of nitrogens with zero attached hydrogens (tertiary/aromatic N) is 2. The molecule has 1 aromatic rings. The molecule has 5 nitrogen and oxygen atoms in total. The zero-order valence-corrected chi connectivity index (χ0v) is 13.7. The second kappa shape index (κ2) is 7.82. The number of nitrogens with one attached hydrogen (secondary N) is 2. The Morgan fingerprint density at radius 3 is 2.86 bits per heavy atom. The molecule has 0 spiro atoms. The number of anilines is 1. The Labute approximate surface area is 132 Å². The van der Waals surface area contributed by atoms with Crippen molar-refractivity contribution in [2.24, 2.45) is 4.99 Å². The van der Waals surface area contributed by atoms with Crippen LogP contribution in [0.5, 0.6) is 0 Å². The molecule has 2 N–H and O–H groups in total. The van der Waals surface area contributed by atoms with E-state index in [1.165, 1.54) is 5.56 Å². The smallest absolute Gasteiger partial charge is 0.227 e. The molecule has 0 saturated heterocycles. The van der Waals surface area contributed by atoms with Gasteiger partial charge in [-0.1, -0.05) is 18.2 Å². The van der Waals surface area contributed by atoms with Crippen LogP contribution < -0.4 is 15.5 Å². The SMILES string of the molecule is CN=C(NCCCC(=O)N1CCc2ccccc21)NC(C)C. The average Bonchev–Trinajstić information content (AvgIpc) is 2.93. The van der Waals surface area contributed by atoms with E-state index < -0.39 is 0 Å². The predicted molar refractivity (Wildman–Crippen MR) is 91.4 cm³/mol. The summed E-state index contributed by atoms with van der Waals surface area (Å²) in [6.45, 7) is 5.69. The Hall–Kier alpha value is -2.04. The second-order valence-electron chi connectivity index (χ2n) is 5.83. The predicted octanol–water partition coefficient (Wildman–Crippen LogP) is 1.93. The Morgan fingerprint density at radius 2 is 2.14 bits per heavy atom. The van der Waals surface area contributed by atoms with Gasteiger partial charge >= 0.3 is 0 Å². The molecule has 0 radical (unpaired) electrons. The highest BCUT2D eigenvalue weighted by atomic mass is 16.2. The third kappa shape index (κ3) is 4.23. The van der Waals surface area contributed by atoms with Crippen LogP contribution in [0.3, 0.4) is 0 Å². The van der Waals surface area contributed by atoms with E-state index >= 15 is 0 Å². The topological polar surface area (TPSA) is 56.7 Å². The molecule has 1 aliphatic heterocycles. The van der Waals surface area contributed by atoms with Crippen molar-refractivity contribution in [3.63, 3.8) is 0 Å². The van der Waals surface area contributed by atoms with Gasteiger partial charge < -0.3 is 15.5 Å². The molecule has 0 aliphatic carbocycles. The minimum atomic E-state index is 0.207. The van der Waals surface area contributed by atoms with Crippen LogP contribution in [0.1, 0.15) is 32.3 Å². The lowest BCUT2D eigenvalue weighted by molar-refractivity contribution is -0.118. The van der Waals surface area contributed by atoms with E-state index in [1.807, 2.05) is 23.1 Å². The van der Waals surface area contributed by atoms with Gasteiger partial charge in [0.25, 0.3) is 0 Å². The first-order valence-corrected chi connectivity index (χ1v) is 7.97. The van der Waals surface area contributed by atoms with Gasteiger partial charge in [-0.25, -0.2) is 0 Å². The Kier molecular flexibility index (Phi) is 5.81. The molecule has 1 aromatic carbocycles. The van der Waals surface area contributed by atoms with Crippen LogP contribution in [0.4, 0.5) is 5.69 Å². The summed E-state index contributed by atoms with van der Waals surface area (Å²) in [7, 11) is 1.75. The summed E-state index contributed by atoms with van der Waals surface area (Å²) in [4.78, 5) is 18.4. The molecule has 0 bridgehead atoms. The molecule has 0 saturated carbocycles. The molecule has 1 heterocycles. The van der Waals surface area contributed by atoms with Gasteiger partial charge in [-0.2, -0.15) is 0 Å². The quantitative estimate of drug-likeness (QED) is 0.496. The molecular weight excluding hydrogens is 276 g/mol. The van der Waals surface area contributed by atoms with E-state index in [4.69, 9.17) is 0 Å². The van der Waals surface area contributed by atoms with Crippen LogP contribution in [-0.2, 0) is 11.2 Å². The monoisotopic (exact) mass is 302 g/mol. The van der Waals surface area contributed by atoms with Crippen LogP contribution in [0, 0.1) is 0 Å². The van der Waals surface area contributed by atoms with E-state index in [1.54, 1.807) is 7.05 Å². The number of amides is 1. The van der Waals surface area contributed by atoms with Gasteiger partial charge in [-0.15, -0.1) is 0 Å². The summed E-state index contributed by atoms with van der Waals surface area (Å²) in [5.41, 5.74) is 2.35. The molecule has 22 heavy (non-hydrogen) atoms. The van der Waals surface area contributed by atoms with E-state index in [9.17, 15) is 4.79 Å². The van der Waals surface area contributed by atoms with Gasteiger partial charge in [0.1, 0.15) is 0 Å². The average molecular weight is 302 g/mol. The standard InChI is InChI=1S/C17H26N4O/c1-13(2)20-17(18-3)19-11-6-9-16(22)21-12-10-14-7-4-5-8-15(14)21/h4-5,7-8,13H,6,9-12H2,1-3H3,(H2,18,19,20). The van der Waals surface area contributed by atoms with Crippen LogP contribution in [0.25, 0.3) is 0 Å². The number of benzene rings is 1. The van der Waals surface area contributed by atoms with E-state index in [-0.39, 0.29) is 5.91 Å². The van der Waals surface area contributed by atoms with Crippen LogP contribution >= 0.6 is 0 Å². The largest absolute Gasteiger partial charge is 0.356 e. The third-order valence-electron chi connectivity index (χ3n) is 3.70. The molecule has 0 unspecified atom stereocenters. The molecule has 0 atom stereocenters. The fourth-order valence-electron chi connectivity index (χ4n) is 2.65. The molecule has 120 valence electrons. The Morgan fingerprint density at radius 1 is 1.36 bits per heavy atom. The Balaban J connectivity index is 1.75. The highest BCUT2D eigenvalue weighted by Crippen LogP contribution is 2.27. The molecular formula is C17H26N4O. The zero-order chi connectivity index (χ0) is 15.9. The summed E-state index contributed by atoms with van der Waals surface area (Å²) >= 11 is 0. The molecule has 1 amide bonds. The first-order valence-electron chi connectivity index (χ1n) is 7.97. The van der Waals surface area contributed by atoms with Crippen molar-refractivity contribution in [3.05, 3.63) is 29.8 Å². The van der Waals surface area contributed by atoms with Crippen molar-refractivity contribution in [2.75, 3.05) is 25.0 Å². The third-order valence-corrected chi connectivity index (χ3v) is 3.70. The molecule has 0 aromatic heterocycles. The molecule has 5 heteroatoms. The summed E-state index contributed by atoms with van der Waals surface area (Å²) in [5, 5.41) is 6.46. The maximum absolute atomic E-state index is 12.4. The number of aliphatic imine (C=N–C) groups is 1. The van der Waals surface area contributed by atoms with Crippen LogP contribution in [0.15, 0.2) is 29.3 Å². The van der Waals surface area contributed by atoms with Crippen molar-refractivity contribution < 1.29 is 4.79 Å². The van der Waals surface area contributed by atoms with Crippen molar-refractivity contribution >= 4 is 17.6 Å². The number of fused-ring (bicyclic) bond motifs is 1. The van der Waals surface area contributed by atoms with Gasteiger partial charge in [-0.3, -0.25) is 9.79 Å². The number of hydrogen-bond donors (Lipinski definition) is 2. The first-order chi connectivity index (χ1) is 10.6. The fourth-order valence-corrected chi connectivity index (χ4v) is 2.65. The van der Waals surface area contributed by atoms with E-state index in [0.717, 1.165) is 37.6 Å². The molecule has 1 aliphatic rings. The van der Waals surface area contributed by atoms with Crippen molar-refractivity contribution in [3.8, 4) is 0 Å². The lowest BCUT2D eigenvalue weighted by Gasteiger charge is -2.18. The molecule has 2 rings (SSSR count). The summed E-state index contributed by atoms with van der Waals surface area (Å²) in [6.07, 6.45) is 2.32. The minimum absolute atomic E-state index is 0.207. The summed E-state index contributed by atoms with van der Waals surface area (Å²) in [5.74, 6) is 0.993. The summed E-state index contributed by atoms with van der Waals surface area (Å²) < 4.78 is 0. The lowest BCUT2D eigenvalue weighted by Crippen LogP contribution is -2.41. The first kappa shape index (κ1) is 16.3. The van der Waals surface area contributed by atoms with E-state index in [0.29, 0.717) is 12.5 Å². The number of carbonyl (C=O) groups is 1. The summed E-state index contributed by atoms with van der Waals surface area (Å²) in [6, 6.07) is 8.50. The number of para-hydroxylation sites is 1. The molecule has 0 fully saturated rings. The van der Waals surface area contributed by atoms with Gasteiger partial charge in [-0.05, 0) is 38.3 Å². The Bertz CT molecular complexity index is 539. The second-order valence-corrected chi connectivity index (χ2v) is 5.83. The number of guanidine groups is 1. The van der Waals surface area contributed by atoms with Gasteiger partial charge in [0, 0.05) is 38.3 Å². The lowest BCUT2D eigenvalue weighted by atomic mass is 10.2. The van der Waals surface area contributed by atoms with Crippen molar-refractivity contribution in [1.29, 1.82) is 0 Å². The highest BCUT2D eigenvalue weighted by Gasteiger charge is 2.23. The van der Waals surface area contributed by atoms with Crippen LogP contribution in [-0.4, -0.2) is 38.0 Å². The maximum atomic E-state index is 12.4. The van der Waals surface area contributed by atoms with E-state index in [2.05, 4.69) is 35.5 Å². The number of hydrogen-bond acceptors (Lipinski definition) is 2. The number of carbonyl (C=O) groups excluding carboxylic acids is 1. The van der Waals surface area contributed by atoms with Crippen molar-refractivity contribution in [1.82, 2.24) is 10.6 Å². The van der Waals surface area contributed by atoms with Gasteiger partial charge in [0.2, 0.25) is 5.91 Å². The fraction of sp³-hybridized carbons (Fsp3) is 0.529. The maximum Gasteiger partial charge on any atom is 0.227 e. The highest BCUT2D eigenvalue weighted by molar-refractivity contribution is 5.95. The van der Waals surface area contributed by atoms with Crippen molar-refractivity contribution in [2.45, 2.75) is 39.2 Å². The van der Waals surface area contributed by atoms with Crippen LogP contribution in [0.2, 0.25) is 0 Å². The number of rotatable bonds is 5. The minimum Gasteiger partial charge on any atom is -0.356 e. The van der Waals surface area contributed by atoms with Gasteiger partial charge in [0.05, 0.1) is 0 Å². The normalized spacial score (nSPS) is 14.2. The zero-order valence-electron chi connectivity index (χ0n) is 13.7.